The van der Waals surface area contributed by atoms with Gasteiger partial charge in [-0.25, -0.2) is 4.39 Å². The predicted molar refractivity (Wildman–Crippen MR) is 72.1 cm³/mol. The van der Waals surface area contributed by atoms with E-state index in [1.807, 2.05) is 0 Å². The first-order valence-electron chi connectivity index (χ1n) is 5.14. The van der Waals surface area contributed by atoms with E-state index in [0.717, 1.165) is 6.07 Å². The normalized spacial score (nSPS) is 10.5. The van der Waals surface area contributed by atoms with Gasteiger partial charge in [-0.1, -0.05) is 5.16 Å². The quantitative estimate of drug-likeness (QED) is 0.500. The molecule has 0 atom stereocenters. The van der Waals surface area contributed by atoms with E-state index in [2.05, 4.69) is 15.5 Å². The Bertz CT molecular complexity index is 631. The number of hydrogen-bond acceptors (Lipinski definition) is 6. The van der Waals surface area contributed by atoms with Crippen LogP contribution in [0.5, 0.6) is 0 Å². The third kappa shape index (κ3) is 3.16. The lowest BCUT2D eigenvalue weighted by Gasteiger charge is -2.06. The van der Waals surface area contributed by atoms with Gasteiger partial charge in [-0.05, 0) is 22.6 Å². The Kier molecular flexibility index (Phi) is 3.93. The molecular weight excluding hydrogens is 370 g/mol. The number of aryl methyl sites for hydroxylation is 1. The van der Waals surface area contributed by atoms with Gasteiger partial charge in [0.25, 0.3) is 5.69 Å². The molecule has 1 heterocycles. The van der Waals surface area contributed by atoms with Crippen LogP contribution in [0.1, 0.15) is 11.7 Å². The highest BCUT2D eigenvalue weighted by atomic mass is 127. The largest absolute Gasteiger partial charge is 0.372 e. The van der Waals surface area contributed by atoms with E-state index in [1.165, 1.54) is 6.07 Å². The Morgan fingerprint density at radius 3 is 2.89 bits per heavy atom. The molecule has 0 aliphatic heterocycles. The van der Waals surface area contributed by atoms with Crippen molar-refractivity contribution >= 4 is 34.0 Å². The van der Waals surface area contributed by atoms with Gasteiger partial charge in [-0.15, -0.1) is 0 Å². The van der Waals surface area contributed by atoms with Crippen molar-refractivity contribution < 1.29 is 13.8 Å². The molecule has 0 fully saturated rings. The summed E-state index contributed by atoms with van der Waals surface area (Å²) in [7, 11) is 0. The average Bonchev–Trinajstić information content (AvgIpc) is 2.76. The summed E-state index contributed by atoms with van der Waals surface area (Å²) >= 11 is 1.70. The first kappa shape index (κ1) is 13.6. The molecule has 0 aliphatic carbocycles. The van der Waals surface area contributed by atoms with E-state index in [1.54, 1.807) is 29.5 Å². The summed E-state index contributed by atoms with van der Waals surface area (Å²) in [6.07, 6.45) is 0. The fraction of sp³-hybridized carbons (Fsp3) is 0.200. The van der Waals surface area contributed by atoms with E-state index in [0.29, 0.717) is 11.7 Å². The number of nitro groups is 1. The highest BCUT2D eigenvalue weighted by molar-refractivity contribution is 14.1. The van der Waals surface area contributed by atoms with Gasteiger partial charge in [0.05, 0.1) is 15.0 Å². The zero-order valence-electron chi connectivity index (χ0n) is 9.68. The predicted octanol–water partition coefficient (Wildman–Crippen LogP) is 2.64. The van der Waals surface area contributed by atoms with Gasteiger partial charge >= 0.3 is 0 Å². The summed E-state index contributed by atoms with van der Waals surface area (Å²) in [6.45, 7) is 1.74. The summed E-state index contributed by atoms with van der Waals surface area (Å²) in [5.74, 6) is 0.198. The number of anilines is 1. The molecule has 9 heteroatoms. The summed E-state index contributed by atoms with van der Waals surface area (Å²) < 4.78 is 18.4. The van der Waals surface area contributed by atoms with Crippen LogP contribution in [-0.4, -0.2) is 15.1 Å². The average molecular weight is 378 g/mol. The lowest BCUT2D eigenvalue weighted by molar-refractivity contribution is -0.384. The van der Waals surface area contributed by atoms with Gasteiger partial charge in [0.2, 0.25) is 5.89 Å². The monoisotopic (exact) mass is 378 g/mol. The second kappa shape index (κ2) is 5.47. The van der Waals surface area contributed by atoms with Gasteiger partial charge in [0.15, 0.2) is 5.82 Å². The minimum atomic E-state index is -0.578. The first-order valence-corrected chi connectivity index (χ1v) is 6.21. The topological polar surface area (TPSA) is 94.1 Å². The third-order valence-corrected chi connectivity index (χ3v) is 3.07. The van der Waals surface area contributed by atoms with Crippen molar-refractivity contribution in [3.05, 3.63) is 43.3 Å². The summed E-state index contributed by atoms with van der Waals surface area (Å²) in [6, 6.07) is 2.24. The number of nitro benzene ring substituents is 1. The van der Waals surface area contributed by atoms with Crippen molar-refractivity contribution in [2.45, 2.75) is 13.5 Å². The molecule has 1 aromatic carbocycles. The molecule has 0 saturated heterocycles. The van der Waals surface area contributed by atoms with Crippen molar-refractivity contribution in [1.29, 1.82) is 0 Å². The van der Waals surface area contributed by atoms with Crippen LogP contribution in [0.15, 0.2) is 16.7 Å². The van der Waals surface area contributed by atoms with Gasteiger partial charge in [-0.2, -0.15) is 4.98 Å². The van der Waals surface area contributed by atoms with E-state index in [9.17, 15) is 14.5 Å². The molecule has 0 unspecified atom stereocenters. The van der Waals surface area contributed by atoms with E-state index in [-0.39, 0.29) is 21.5 Å². The molecule has 2 rings (SSSR count). The second-order valence-electron chi connectivity index (χ2n) is 3.62. The lowest BCUT2D eigenvalue weighted by Crippen LogP contribution is -2.05. The number of nitrogens with zero attached hydrogens (tertiary/aromatic N) is 3. The molecule has 1 N–H and O–H groups in total. The van der Waals surface area contributed by atoms with Crippen LogP contribution < -0.4 is 5.32 Å². The molecule has 0 bridgehead atoms. The van der Waals surface area contributed by atoms with Crippen LogP contribution in [-0.2, 0) is 6.54 Å². The summed E-state index contributed by atoms with van der Waals surface area (Å²) in [5.41, 5.74) is -0.128. The fourth-order valence-corrected chi connectivity index (χ4v) is 1.87. The Balaban J connectivity index is 2.23. The Hall–Kier alpha value is -1.78. The zero-order valence-corrected chi connectivity index (χ0v) is 11.8. The van der Waals surface area contributed by atoms with Crippen LogP contribution in [0.25, 0.3) is 0 Å². The number of rotatable bonds is 4. The molecule has 7 nitrogen and oxygen atoms in total. The van der Waals surface area contributed by atoms with Crippen molar-refractivity contribution in [3.63, 3.8) is 0 Å². The smallest absolute Gasteiger partial charge is 0.293 e. The van der Waals surface area contributed by atoms with Crippen molar-refractivity contribution in [2.75, 3.05) is 5.32 Å². The molecule has 2 aromatic rings. The molecule has 0 amide bonds. The van der Waals surface area contributed by atoms with Crippen LogP contribution >= 0.6 is 22.6 Å². The van der Waals surface area contributed by atoms with E-state index >= 15 is 0 Å². The Morgan fingerprint density at radius 2 is 2.32 bits per heavy atom. The molecule has 0 saturated carbocycles. The molecule has 0 aliphatic rings. The molecular formula is C10H8FIN4O3. The summed E-state index contributed by atoms with van der Waals surface area (Å²) in [5, 5.41) is 17.2. The van der Waals surface area contributed by atoms with E-state index < -0.39 is 10.7 Å². The molecule has 0 spiro atoms. The maximum absolute atomic E-state index is 13.4. The maximum Gasteiger partial charge on any atom is 0.293 e. The summed E-state index contributed by atoms with van der Waals surface area (Å²) in [4.78, 5) is 14.2. The van der Waals surface area contributed by atoms with Crippen LogP contribution in [0.3, 0.4) is 0 Å². The maximum atomic E-state index is 13.4. The highest BCUT2D eigenvalue weighted by Crippen LogP contribution is 2.28. The standard InChI is InChI=1S/C10H8FIN4O3/c1-5-14-10(15-19-5)4-13-8-2-6(11)7(12)3-9(8)16(17)18/h2-3,13H,4H2,1H3. The highest BCUT2D eigenvalue weighted by Gasteiger charge is 2.17. The molecule has 1 aromatic heterocycles. The number of halogens is 2. The van der Waals surface area contributed by atoms with Crippen molar-refractivity contribution in [2.24, 2.45) is 0 Å². The van der Waals surface area contributed by atoms with Crippen LogP contribution in [0, 0.1) is 26.4 Å². The van der Waals surface area contributed by atoms with Crippen LogP contribution in [0.2, 0.25) is 0 Å². The van der Waals surface area contributed by atoms with Gasteiger partial charge in [-0.3, -0.25) is 10.1 Å². The van der Waals surface area contributed by atoms with Crippen molar-refractivity contribution in [3.8, 4) is 0 Å². The van der Waals surface area contributed by atoms with Gasteiger partial charge < -0.3 is 9.84 Å². The third-order valence-electron chi connectivity index (χ3n) is 2.24. The van der Waals surface area contributed by atoms with Gasteiger partial charge in [0, 0.05) is 19.1 Å². The lowest BCUT2D eigenvalue weighted by atomic mass is 10.2. The fourth-order valence-electron chi connectivity index (χ4n) is 1.42. The van der Waals surface area contributed by atoms with Gasteiger partial charge in [0.1, 0.15) is 11.5 Å². The number of benzene rings is 1. The van der Waals surface area contributed by atoms with Crippen LogP contribution in [0.4, 0.5) is 15.8 Å². The zero-order chi connectivity index (χ0) is 14.0. The molecule has 19 heavy (non-hydrogen) atoms. The SMILES string of the molecule is Cc1nc(CNc2cc(F)c(I)cc2[N+](=O)[O-])no1. The first-order chi connectivity index (χ1) is 8.97. The number of hydrogen-bond donors (Lipinski definition) is 1. The molecule has 100 valence electrons. The number of aromatic nitrogens is 2. The Morgan fingerprint density at radius 1 is 1.58 bits per heavy atom. The number of nitrogens with one attached hydrogen (secondary N) is 1. The van der Waals surface area contributed by atoms with E-state index in [4.69, 9.17) is 4.52 Å². The minimum Gasteiger partial charge on any atom is -0.372 e. The Labute approximate surface area is 120 Å². The second-order valence-corrected chi connectivity index (χ2v) is 4.79. The molecule has 0 radical (unpaired) electrons. The van der Waals surface area contributed by atoms with Crippen molar-refractivity contribution in [1.82, 2.24) is 10.1 Å². The minimum absolute atomic E-state index is 0.0744.